The second-order valence-electron chi connectivity index (χ2n) is 15.1. The average molecular weight is 487 g/mol. The van der Waals surface area contributed by atoms with Gasteiger partial charge in [0.05, 0.1) is 18.8 Å². The Kier molecular flexibility index (Phi) is 4.84. The number of aliphatic hydroxyl groups is 3. The fourth-order valence-corrected chi connectivity index (χ4v) is 11.2. The van der Waals surface area contributed by atoms with Crippen LogP contribution in [-0.2, 0) is 9.53 Å². The SMILES string of the molecule is CC1(CO)CC2C3=CCC4C5(C)CCC(O)C(C)(C)C5CCC4(C)C3(C)CC(O)C23CC1OC3=O. The van der Waals surface area contributed by atoms with Gasteiger partial charge in [-0.25, -0.2) is 0 Å². The van der Waals surface area contributed by atoms with Crippen LogP contribution in [0.3, 0.4) is 0 Å². The fourth-order valence-electron chi connectivity index (χ4n) is 11.2. The maximum absolute atomic E-state index is 13.4. The van der Waals surface area contributed by atoms with E-state index < -0.39 is 16.9 Å². The van der Waals surface area contributed by atoms with Gasteiger partial charge in [0, 0.05) is 11.8 Å². The highest BCUT2D eigenvalue weighted by molar-refractivity contribution is 5.82. The summed E-state index contributed by atoms with van der Waals surface area (Å²) in [4.78, 5) is 13.4. The van der Waals surface area contributed by atoms with Crippen molar-refractivity contribution in [2.24, 2.45) is 50.2 Å². The van der Waals surface area contributed by atoms with Gasteiger partial charge < -0.3 is 20.1 Å². The lowest BCUT2D eigenvalue weighted by Crippen LogP contribution is -2.67. The van der Waals surface area contributed by atoms with Crippen LogP contribution in [0.4, 0.5) is 0 Å². The number of hydrogen-bond donors (Lipinski definition) is 3. The molecule has 0 aromatic carbocycles. The van der Waals surface area contributed by atoms with Crippen molar-refractivity contribution in [3.8, 4) is 0 Å². The molecule has 4 saturated carbocycles. The maximum Gasteiger partial charge on any atom is 0.315 e. The molecule has 2 bridgehead atoms. The van der Waals surface area contributed by atoms with Crippen molar-refractivity contribution >= 4 is 5.97 Å². The molecule has 1 spiro atoms. The highest BCUT2D eigenvalue weighted by Crippen LogP contribution is 2.76. The predicted molar refractivity (Wildman–Crippen MR) is 133 cm³/mol. The molecule has 11 atom stereocenters. The third kappa shape index (κ3) is 2.59. The number of carbonyl (C=O) groups excluding carboxylic acids is 1. The monoisotopic (exact) mass is 486 g/mol. The standard InChI is InChI=1S/C30H46O5/c1-25(2)19-9-12-28(5)20(27(19,4)11-10-21(25)32)8-7-17-18-13-26(3,16-31)23-15-30(18,24(34)35-23)22(33)14-29(17,28)6/h7,18-23,31-33H,8-16H2,1-6H3. The van der Waals surface area contributed by atoms with Crippen LogP contribution in [-0.4, -0.2) is 46.2 Å². The number of carbonyl (C=O) groups is 1. The minimum atomic E-state index is -0.855. The molecule has 6 rings (SSSR count). The van der Waals surface area contributed by atoms with E-state index in [0.29, 0.717) is 31.1 Å². The molecule has 0 aromatic heterocycles. The second kappa shape index (κ2) is 6.94. The summed E-state index contributed by atoms with van der Waals surface area (Å²) in [6, 6.07) is 0. The summed E-state index contributed by atoms with van der Waals surface area (Å²) in [5.41, 5.74) is -0.107. The Morgan fingerprint density at radius 2 is 1.66 bits per heavy atom. The first-order valence-corrected chi connectivity index (χ1v) is 14.1. The Bertz CT molecular complexity index is 987. The summed E-state index contributed by atoms with van der Waals surface area (Å²) in [6.07, 6.45) is 8.08. The Balaban J connectivity index is 1.47. The van der Waals surface area contributed by atoms with E-state index in [1.165, 1.54) is 5.57 Å². The van der Waals surface area contributed by atoms with Gasteiger partial charge in [0.25, 0.3) is 0 Å². The minimum absolute atomic E-state index is 0.00529. The zero-order chi connectivity index (χ0) is 25.4. The van der Waals surface area contributed by atoms with E-state index in [2.05, 4.69) is 40.7 Å². The van der Waals surface area contributed by atoms with Crippen LogP contribution in [0.5, 0.6) is 0 Å². The van der Waals surface area contributed by atoms with E-state index in [9.17, 15) is 20.1 Å². The molecular formula is C30H46O5. The molecule has 5 nitrogen and oxygen atoms in total. The molecule has 5 heteroatoms. The topological polar surface area (TPSA) is 87.0 Å². The van der Waals surface area contributed by atoms with Crippen molar-refractivity contribution in [1.29, 1.82) is 0 Å². The quantitative estimate of drug-likeness (QED) is 0.372. The molecular weight excluding hydrogens is 440 g/mol. The number of rotatable bonds is 1. The van der Waals surface area contributed by atoms with Gasteiger partial charge in [-0.3, -0.25) is 4.79 Å². The van der Waals surface area contributed by atoms with Crippen LogP contribution in [0.2, 0.25) is 0 Å². The van der Waals surface area contributed by atoms with Crippen LogP contribution >= 0.6 is 0 Å². The number of hydrogen-bond acceptors (Lipinski definition) is 5. The molecule has 5 aliphatic carbocycles. The molecule has 196 valence electrons. The van der Waals surface area contributed by atoms with E-state index >= 15 is 0 Å². The van der Waals surface area contributed by atoms with Crippen LogP contribution in [0.25, 0.3) is 0 Å². The van der Waals surface area contributed by atoms with E-state index in [-0.39, 0.29) is 52.4 Å². The lowest BCUT2D eigenvalue weighted by molar-refractivity contribution is -0.213. The second-order valence-corrected chi connectivity index (χ2v) is 15.1. The molecule has 0 amide bonds. The minimum Gasteiger partial charge on any atom is -0.461 e. The summed E-state index contributed by atoms with van der Waals surface area (Å²) >= 11 is 0. The number of allylic oxidation sites excluding steroid dienone is 2. The van der Waals surface area contributed by atoms with Crippen LogP contribution in [0, 0.1) is 50.2 Å². The van der Waals surface area contributed by atoms with Crippen molar-refractivity contribution in [2.45, 2.75) is 111 Å². The lowest BCUT2D eigenvalue weighted by Gasteiger charge is -2.71. The largest absolute Gasteiger partial charge is 0.461 e. The molecule has 0 radical (unpaired) electrons. The molecule has 1 saturated heterocycles. The summed E-state index contributed by atoms with van der Waals surface area (Å²) in [7, 11) is 0. The smallest absolute Gasteiger partial charge is 0.315 e. The van der Waals surface area contributed by atoms with Gasteiger partial charge in [0.15, 0.2) is 0 Å². The van der Waals surface area contributed by atoms with Gasteiger partial charge in [0.2, 0.25) is 0 Å². The number of aliphatic hydroxyl groups excluding tert-OH is 3. The Morgan fingerprint density at radius 3 is 2.34 bits per heavy atom. The van der Waals surface area contributed by atoms with Crippen molar-refractivity contribution in [3.05, 3.63) is 11.6 Å². The number of ether oxygens (including phenoxy) is 1. The third-order valence-electron chi connectivity index (χ3n) is 13.7. The molecule has 1 heterocycles. The van der Waals surface area contributed by atoms with Crippen molar-refractivity contribution in [3.63, 3.8) is 0 Å². The lowest BCUT2D eigenvalue weighted by atomic mass is 9.33. The van der Waals surface area contributed by atoms with Crippen molar-refractivity contribution in [1.82, 2.24) is 0 Å². The zero-order valence-electron chi connectivity index (χ0n) is 22.6. The fraction of sp³-hybridized carbons (Fsp3) is 0.900. The Morgan fingerprint density at radius 1 is 0.943 bits per heavy atom. The van der Waals surface area contributed by atoms with E-state index in [4.69, 9.17) is 4.74 Å². The predicted octanol–water partition coefficient (Wildman–Crippen LogP) is 4.63. The Hall–Kier alpha value is -0.910. The Labute approximate surface area is 210 Å². The molecule has 3 N–H and O–H groups in total. The molecule has 35 heavy (non-hydrogen) atoms. The number of fused-ring (bicyclic) bond motifs is 7. The first-order valence-electron chi connectivity index (χ1n) is 14.1. The van der Waals surface area contributed by atoms with Crippen LogP contribution in [0.1, 0.15) is 92.9 Å². The third-order valence-corrected chi connectivity index (χ3v) is 13.7. The summed E-state index contributed by atoms with van der Waals surface area (Å²) in [5, 5.41) is 33.0. The van der Waals surface area contributed by atoms with Gasteiger partial charge in [0.1, 0.15) is 11.5 Å². The van der Waals surface area contributed by atoms with Crippen LogP contribution < -0.4 is 0 Å². The highest BCUT2D eigenvalue weighted by atomic mass is 16.6. The van der Waals surface area contributed by atoms with E-state index in [1.54, 1.807) is 0 Å². The summed E-state index contributed by atoms with van der Waals surface area (Å²) in [6.45, 7) is 13.9. The normalized spacial score (nSPS) is 58.3. The van der Waals surface area contributed by atoms with Gasteiger partial charge in [-0.2, -0.15) is 0 Å². The molecule has 1 aliphatic heterocycles. The maximum atomic E-state index is 13.4. The first-order chi connectivity index (χ1) is 16.2. The average Bonchev–Trinajstić information content (AvgIpc) is 3.10. The highest BCUT2D eigenvalue weighted by Gasteiger charge is 2.74. The van der Waals surface area contributed by atoms with Gasteiger partial charge in [-0.05, 0) is 84.4 Å². The first kappa shape index (κ1) is 24.4. The van der Waals surface area contributed by atoms with E-state index in [0.717, 1.165) is 32.1 Å². The van der Waals surface area contributed by atoms with Crippen molar-refractivity contribution in [2.75, 3.05) is 6.61 Å². The summed E-state index contributed by atoms with van der Waals surface area (Å²) < 4.78 is 5.88. The molecule has 6 aliphatic rings. The van der Waals surface area contributed by atoms with Gasteiger partial charge in [-0.15, -0.1) is 0 Å². The molecule has 0 aromatic rings. The van der Waals surface area contributed by atoms with Gasteiger partial charge in [-0.1, -0.05) is 53.2 Å². The molecule has 11 unspecified atom stereocenters. The zero-order valence-corrected chi connectivity index (χ0v) is 22.6. The number of esters is 1. The van der Waals surface area contributed by atoms with Gasteiger partial charge >= 0.3 is 5.97 Å². The summed E-state index contributed by atoms with van der Waals surface area (Å²) in [5.74, 6) is 0.637. The van der Waals surface area contributed by atoms with E-state index in [1.807, 2.05) is 6.92 Å². The molecule has 5 fully saturated rings. The van der Waals surface area contributed by atoms with Crippen molar-refractivity contribution < 1.29 is 24.9 Å². The van der Waals surface area contributed by atoms with Crippen LogP contribution in [0.15, 0.2) is 11.6 Å².